The summed E-state index contributed by atoms with van der Waals surface area (Å²) in [5.41, 5.74) is 6.97. The number of thiazole rings is 1. The molecule has 5 heteroatoms. The molecular formula is C11H10FN3S. The van der Waals surface area contributed by atoms with E-state index < -0.39 is 5.82 Å². The third kappa shape index (κ3) is 1.51. The standard InChI is InChI=1S/C11H10FN3S/c1-5(2)9-6(4-13)7(12)3-8-10(9)15-11(14)16-8/h3,5H,1-2H3,(H2,14,15). The summed E-state index contributed by atoms with van der Waals surface area (Å²) in [7, 11) is 0. The first-order valence-corrected chi connectivity index (χ1v) is 5.64. The van der Waals surface area contributed by atoms with Crippen molar-refractivity contribution in [1.82, 2.24) is 4.98 Å². The lowest BCUT2D eigenvalue weighted by molar-refractivity contribution is 0.621. The molecule has 0 aliphatic heterocycles. The van der Waals surface area contributed by atoms with Crippen molar-refractivity contribution in [3.63, 3.8) is 0 Å². The molecule has 0 aliphatic carbocycles. The van der Waals surface area contributed by atoms with E-state index in [4.69, 9.17) is 11.0 Å². The smallest absolute Gasteiger partial charge is 0.181 e. The van der Waals surface area contributed by atoms with Gasteiger partial charge in [-0.1, -0.05) is 25.2 Å². The van der Waals surface area contributed by atoms with Crippen LogP contribution in [0.3, 0.4) is 0 Å². The molecule has 1 aromatic carbocycles. The van der Waals surface area contributed by atoms with Gasteiger partial charge in [-0.05, 0) is 12.0 Å². The SMILES string of the molecule is CC(C)c1c(C#N)c(F)cc2sc(N)nc12. The molecule has 1 aromatic heterocycles. The molecular weight excluding hydrogens is 225 g/mol. The van der Waals surface area contributed by atoms with E-state index in [0.29, 0.717) is 20.9 Å². The minimum Gasteiger partial charge on any atom is -0.375 e. The summed E-state index contributed by atoms with van der Waals surface area (Å²) < 4.78 is 14.4. The average Bonchev–Trinajstić information content (AvgIpc) is 2.55. The van der Waals surface area contributed by atoms with Gasteiger partial charge in [0.25, 0.3) is 0 Å². The van der Waals surface area contributed by atoms with E-state index in [1.54, 1.807) is 0 Å². The molecule has 2 N–H and O–H groups in total. The van der Waals surface area contributed by atoms with Gasteiger partial charge in [-0.2, -0.15) is 5.26 Å². The molecule has 0 amide bonds. The minimum absolute atomic E-state index is 0.0364. The van der Waals surface area contributed by atoms with Crippen molar-refractivity contribution < 1.29 is 4.39 Å². The van der Waals surface area contributed by atoms with E-state index in [2.05, 4.69) is 4.98 Å². The number of hydrogen-bond donors (Lipinski definition) is 1. The van der Waals surface area contributed by atoms with Gasteiger partial charge >= 0.3 is 0 Å². The summed E-state index contributed by atoms with van der Waals surface area (Å²) in [6.07, 6.45) is 0. The Labute approximate surface area is 96.3 Å². The Bertz CT molecular complexity index is 595. The number of hydrogen-bond acceptors (Lipinski definition) is 4. The molecule has 0 saturated carbocycles. The summed E-state index contributed by atoms with van der Waals surface area (Å²) in [5.74, 6) is -0.461. The molecule has 1 heterocycles. The van der Waals surface area contributed by atoms with Crippen LogP contribution in [0.25, 0.3) is 10.2 Å². The molecule has 0 aliphatic rings. The van der Waals surface area contributed by atoms with Gasteiger partial charge in [-0.3, -0.25) is 0 Å². The number of nitrogens with zero attached hydrogens (tertiary/aromatic N) is 2. The van der Waals surface area contributed by atoms with E-state index >= 15 is 0 Å². The van der Waals surface area contributed by atoms with E-state index in [9.17, 15) is 4.39 Å². The zero-order valence-corrected chi connectivity index (χ0v) is 9.73. The Morgan fingerprint density at radius 3 is 2.81 bits per heavy atom. The second-order valence-electron chi connectivity index (χ2n) is 3.81. The topological polar surface area (TPSA) is 62.7 Å². The number of nitriles is 1. The predicted molar refractivity (Wildman–Crippen MR) is 62.8 cm³/mol. The fourth-order valence-corrected chi connectivity index (χ4v) is 2.53. The second kappa shape index (κ2) is 3.72. The van der Waals surface area contributed by atoms with Gasteiger partial charge in [0.1, 0.15) is 11.9 Å². The Kier molecular flexibility index (Phi) is 2.52. The van der Waals surface area contributed by atoms with Crippen LogP contribution in [-0.4, -0.2) is 4.98 Å². The maximum absolute atomic E-state index is 13.7. The van der Waals surface area contributed by atoms with Gasteiger partial charge in [-0.25, -0.2) is 9.37 Å². The van der Waals surface area contributed by atoms with Gasteiger partial charge in [-0.15, -0.1) is 0 Å². The summed E-state index contributed by atoms with van der Waals surface area (Å²) in [5, 5.41) is 9.36. The second-order valence-corrected chi connectivity index (χ2v) is 4.87. The van der Waals surface area contributed by atoms with Crippen LogP contribution >= 0.6 is 11.3 Å². The van der Waals surface area contributed by atoms with Crippen LogP contribution < -0.4 is 5.73 Å². The highest BCUT2D eigenvalue weighted by atomic mass is 32.1. The van der Waals surface area contributed by atoms with Crippen LogP contribution in [0, 0.1) is 17.1 Å². The van der Waals surface area contributed by atoms with Crippen molar-refractivity contribution in [1.29, 1.82) is 5.26 Å². The lowest BCUT2D eigenvalue weighted by Gasteiger charge is -2.09. The molecule has 0 atom stereocenters. The number of anilines is 1. The molecule has 2 rings (SSSR count). The molecule has 16 heavy (non-hydrogen) atoms. The number of benzene rings is 1. The Morgan fingerprint density at radius 2 is 2.25 bits per heavy atom. The molecule has 0 bridgehead atoms. The highest BCUT2D eigenvalue weighted by Crippen LogP contribution is 2.34. The molecule has 82 valence electrons. The van der Waals surface area contributed by atoms with Crippen LogP contribution in [0.1, 0.15) is 30.9 Å². The van der Waals surface area contributed by atoms with Crippen molar-refractivity contribution in [3.8, 4) is 6.07 Å². The van der Waals surface area contributed by atoms with Crippen LogP contribution in [0.2, 0.25) is 0 Å². The molecule has 0 saturated heterocycles. The minimum atomic E-state index is -0.498. The van der Waals surface area contributed by atoms with Crippen LogP contribution in [0.15, 0.2) is 6.07 Å². The van der Waals surface area contributed by atoms with Gasteiger partial charge in [0, 0.05) is 5.56 Å². The molecule has 2 aromatic rings. The van der Waals surface area contributed by atoms with E-state index in [1.807, 2.05) is 19.9 Å². The average molecular weight is 235 g/mol. The van der Waals surface area contributed by atoms with Gasteiger partial charge < -0.3 is 5.73 Å². The zero-order valence-electron chi connectivity index (χ0n) is 8.91. The van der Waals surface area contributed by atoms with Crippen molar-refractivity contribution in [3.05, 3.63) is 23.0 Å². The van der Waals surface area contributed by atoms with Crippen molar-refractivity contribution in [2.24, 2.45) is 0 Å². The summed E-state index contributed by atoms with van der Waals surface area (Å²) in [4.78, 5) is 4.16. The number of nitrogens with two attached hydrogens (primary N) is 1. The fraction of sp³-hybridized carbons (Fsp3) is 0.273. The normalized spacial score (nSPS) is 10.9. The predicted octanol–water partition coefficient (Wildman–Crippen LogP) is 3.01. The first-order chi connectivity index (χ1) is 7.54. The summed E-state index contributed by atoms with van der Waals surface area (Å²) >= 11 is 1.23. The number of rotatable bonds is 1. The van der Waals surface area contributed by atoms with Crippen molar-refractivity contribution >= 4 is 26.7 Å². The van der Waals surface area contributed by atoms with E-state index in [-0.39, 0.29) is 11.5 Å². The molecule has 0 fully saturated rings. The Morgan fingerprint density at radius 1 is 1.56 bits per heavy atom. The first kappa shape index (κ1) is 10.8. The third-order valence-corrected chi connectivity index (χ3v) is 3.21. The summed E-state index contributed by atoms with van der Waals surface area (Å²) in [6.45, 7) is 3.81. The highest BCUT2D eigenvalue weighted by molar-refractivity contribution is 7.22. The van der Waals surface area contributed by atoms with Gasteiger partial charge in [0.2, 0.25) is 0 Å². The molecule has 0 unspecified atom stereocenters. The molecule has 0 radical (unpaired) electrons. The van der Waals surface area contributed by atoms with Gasteiger partial charge in [0.05, 0.1) is 15.8 Å². The quantitative estimate of drug-likeness (QED) is 0.826. The van der Waals surface area contributed by atoms with E-state index in [1.165, 1.54) is 17.4 Å². The van der Waals surface area contributed by atoms with Crippen LogP contribution in [0.5, 0.6) is 0 Å². The fourth-order valence-electron chi connectivity index (χ4n) is 1.75. The van der Waals surface area contributed by atoms with Crippen molar-refractivity contribution in [2.75, 3.05) is 5.73 Å². The Balaban J connectivity index is 2.93. The molecule has 0 spiro atoms. The highest BCUT2D eigenvalue weighted by Gasteiger charge is 2.18. The molecule has 3 nitrogen and oxygen atoms in total. The maximum atomic E-state index is 13.7. The van der Waals surface area contributed by atoms with Crippen molar-refractivity contribution in [2.45, 2.75) is 19.8 Å². The van der Waals surface area contributed by atoms with Crippen LogP contribution in [-0.2, 0) is 0 Å². The van der Waals surface area contributed by atoms with Gasteiger partial charge in [0.15, 0.2) is 5.13 Å². The monoisotopic (exact) mass is 235 g/mol. The zero-order chi connectivity index (χ0) is 11.9. The Hall–Kier alpha value is -1.67. The summed E-state index contributed by atoms with van der Waals surface area (Å²) in [6, 6.07) is 3.22. The number of nitrogen functional groups attached to an aromatic ring is 1. The van der Waals surface area contributed by atoms with E-state index in [0.717, 1.165) is 0 Å². The number of halogens is 1. The van der Waals surface area contributed by atoms with Crippen LogP contribution in [0.4, 0.5) is 9.52 Å². The number of aromatic nitrogens is 1. The number of fused-ring (bicyclic) bond motifs is 1. The maximum Gasteiger partial charge on any atom is 0.181 e. The first-order valence-electron chi connectivity index (χ1n) is 4.83. The lowest BCUT2D eigenvalue weighted by Crippen LogP contribution is -1.98. The largest absolute Gasteiger partial charge is 0.375 e. The lowest BCUT2D eigenvalue weighted by atomic mass is 9.96. The third-order valence-electron chi connectivity index (χ3n) is 2.38.